The molecule has 0 spiro atoms. The molecule has 0 bridgehead atoms. The number of hydrogen-bond acceptors (Lipinski definition) is 4. The summed E-state index contributed by atoms with van der Waals surface area (Å²) in [5.41, 5.74) is 3.33. The predicted molar refractivity (Wildman–Crippen MR) is 110 cm³/mol. The standard InChI is InChI=1S/C22H17ClN2O3/c1-2-27-19-6-4-3-5-17(19)21(26)24-16-10-7-14(8-11-16)22-25-18-13-15(23)9-12-20(18)28-22/h3-13H,2H2,1H3,(H,24,26). The lowest BCUT2D eigenvalue weighted by Gasteiger charge is -2.10. The molecule has 0 saturated heterocycles. The summed E-state index contributed by atoms with van der Waals surface area (Å²) >= 11 is 5.99. The number of halogens is 1. The molecule has 0 fully saturated rings. The smallest absolute Gasteiger partial charge is 0.259 e. The zero-order valence-corrected chi connectivity index (χ0v) is 15.9. The van der Waals surface area contributed by atoms with E-state index < -0.39 is 0 Å². The van der Waals surface area contributed by atoms with Crippen LogP contribution in [0.4, 0.5) is 5.69 Å². The Kier molecular flexibility index (Phi) is 5.00. The van der Waals surface area contributed by atoms with Gasteiger partial charge >= 0.3 is 0 Å². The topological polar surface area (TPSA) is 64.4 Å². The lowest BCUT2D eigenvalue weighted by molar-refractivity contribution is 0.102. The number of carbonyl (C=O) groups excluding carboxylic acids is 1. The monoisotopic (exact) mass is 392 g/mol. The van der Waals surface area contributed by atoms with E-state index in [4.69, 9.17) is 20.8 Å². The molecule has 1 amide bonds. The fourth-order valence-corrected chi connectivity index (χ4v) is 3.02. The molecule has 0 aliphatic carbocycles. The first-order chi connectivity index (χ1) is 13.6. The Morgan fingerprint density at radius 2 is 1.89 bits per heavy atom. The third kappa shape index (κ3) is 3.70. The van der Waals surface area contributed by atoms with Crippen molar-refractivity contribution in [1.82, 2.24) is 4.98 Å². The Labute approximate surface area is 166 Å². The third-order valence-electron chi connectivity index (χ3n) is 4.17. The normalized spacial score (nSPS) is 10.8. The summed E-state index contributed by atoms with van der Waals surface area (Å²) in [6.45, 7) is 2.38. The molecule has 0 aliphatic heterocycles. The summed E-state index contributed by atoms with van der Waals surface area (Å²) in [5, 5.41) is 3.49. The van der Waals surface area contributed by atoms with Crippen LogP contribution < -0.4 is 10.1 Å². The van der Waals surface area contributed by atoms with Crippen LogP contribution in [0.15, 0.2) is 71.1 Å². The van der Waals surface area contributed by atoms with E-state index >= 15 is 0 Å². The van der Waals surface area contributed by atoms with Gasteiger partial charge in [-0.25, -0.2) is 4.98 Å². The van der Waals surface area contributed by atoms with E-state index in [2.05, 4.69) is 10.3 Å². The predicted octanol–water partition coefficient (Wildman–Crippen LogP) is 5.80. The van der Waals surface area contributed by atoms with E-state index in [1.165, 1.54) is 0 Å². The molecule has 0 radical (unpaired) electrons. The molecule has 140 valence electrons. The van der Waals surface area contributed by atoms with Crippen molar-refractivity contribution < 1.29 is 13.9 Å². The largest absolute Gasteiger partial charge is 0.493 e. The Morgan fingerprint density at radius 3 is 2.68 bits per heavy atom. The molecule has 1 aromatic heterocycles. The van der Waals surface area contributed by atoms with Crippen molar-refractivity contribution in [1.29, 1.82) is 0 Å². The average Bonchev–Trinajstić information content (AvgIpc) is 3.12. The van der Waals surface area contributed by atoms with Crippen LogP contribution in [0.5, 0.6) is 5.75 Å². The molecule has 0 unspecified atom stereocenters. The van der Waals surface area contributed by atoms with Gasteiger partial charge in [0.2, 0.25) is 5.89 Å². The number of amides is 1. The van der Waals surface area contributed by atoms with Crippen LogP contribution in [0, 0.1) is 0 Å². The van der Waals surface area contributed by atoms with Crippen molar-refractivity contribution in [3.05, 3.63) is 77.3 Å². The molecule has 1 N–H and O–H groups in total. The number of anilines is 1. The van der Waals surface area contributed by atoms with Crippen molar-refractivity contribution in [3.8, 4) is 17.2 Å². The number of rotatable bonds is 5. The van der Waals surface area contributed by atoms with Gasteiger partial charge in [-0.15, -0.1) is 0 Å². The molecule has 0 atom stereocenters. The van der Waals surface area contributed by atoms with E-state index in [0.29, 0.717) is 45.6 Å². The third-order valence-corrected chi connectivity index (χ3v) is 4.41. The van der Waals surface area contributed by atoms with Gasteiger partial charge in [-0.2, -0.15) is 0 Å². The molecule has 5 nitrogen and oxygen atoms in total. The van der Waals surface area contributed by atoms with Crippen molar-refractivity contribution in [2.45, 2.75) is 6.92 Å². The van der Waals surface area contributed by atoms with Crippen LogP contribution in [-0.2, 0) is 0 Å². The van der Waals surface area contributed by atoms with Crippen LogP contribution in [0.1, 0.15) is 17.3 Å². The van der Waals surface area contributed by atoms with Crippen LogP contribution in [-0.4, -0.2) is 17.5 Å². The lowest BCUT2D eigenvalue weighted by Crippen LogP contribution is -2.13. The quantitative estimate of drug-likeness (QED) is 0.466. The Morgan fingerprint density at radius 1 is 1.11 bits per heavy atom. The molecule has 0 saturated carbocycles. The molecule has 4 aromatic rings. The fraction of sp³-hybridized carbons (Fsp3) is 0.0909. The zero-order chi connectivity index (χ0) is 19.5. The first-order valence-electron chi connectivity index (χ1n) is 8.84. The Hall–Kier alpha value is -3.31. The van der Waals surface area contributed by atoms with Gasteiger partial charge in [0, 0.05) is 16.3 Å². The van der Waals surface area contributed by atoms with Gasteiger partial charge in [0.05, 0.1) is 12.2 Å². The first kappa shape index (κ1) is 18.1. The molecular weight excluding hydrogens is 376 g/mol. The van der Waals surface area contributed by atoms with Gasteiger partial charge in [-0.05, 0) is 61.5 Å². The number of nitrogens with one attached hydrogen (secondary N) is 1. The average molecular weight is 393 g/mol. The van der Waals surface area contributed by atoms with Crippen LogP contribution >= 0.6 is 11.6 Å². The summed E-state index contributed by atoms with van der Waals surface area (Å²) < 4.78 is 11.3. The molecular formula is C22H17ClN2O3. The van der Waals surface area contributed by atoms with Crippen LogP contribution in [0.25, 0.3) is 22.6 Å². The van der Waals surface area contributed by atoms with E-state index in [1.807, 2.05) is 25.1 Å². The van der Waals surface area contributed by atoms with Crippen LogP contribution in [0.3, 0.4) is 0 Å². The number of oxazole rings is 1. The highest BCUT2D eigenvalue weighted by Gasteiger charge is 2.13. The van der Waals surface area contributed by atoms with E-state index in [0.717, 1.165) is 5.56 Å². The van der Waals surface area contributed by atoms with Gasteiger partial charge in [-0.3, -0.25) is 4.79 Å². The highest BCUT2D eigenvalue weighted by Crippen LogP contribution is 2.27. The van der Waals surface area contributed by atoms with E-state index in [9.17, 15) is 4.79 Å². The zero-order valence-electron chi connectivity index (χ0n) is 15.1. The number of para-hydroxylation sites is 1. The van der Waals surface area contributed by atoms with Crippen molar-refractivity contribution in [2.75, 3.05) is 11.9 Å². The van der Waals surface area contributed by atoms with Gasteiger partial charge in [-0.1, -0.05) is 23.7 Å². The number of nitrogens with zero attached hydrogens (tertiary/aromatic N) is 1. The fourth-order valence-electron chi connectivity index (χ4n) is 2.85. The minimum atomic E-state index is -0.228. The van der Waals surface area contributed by atoms with Crippen molar-refractivity contribution in [3.63, 3.8) is 0 Å². The number of carbonyl (C=O) groups is 1. The molecule has 3 aromatic carbocycles. The second kappa shape index (κ2) is 7.74. The Balaban J connectivity index is 1.54. The summed E-state index contributed by atoms with van der Waals surface area (Å²) in [4.78, 5) is 17.0. The number of hydrogen-bond donors (Lipinski definition) is 1. The van der Waals surface area contributed by atoms with Gasteiger partial charge in [0.1, 0.15) is 11.3 Å². The number of aromatic nitrogens is 1. The molecule has 0 aliphatic rings. The minimum Gasteiger partial charge on any atom is -0.493 e. The van der Waals surface area contributed by atoms with Gasteiger partial charge < -0.3 is 14.5 Å². The molecule has 1 heterocycles. The van der Waals surface area contributed by atoms with Gasteiger partial charge in [0.25, 0.3) is 5.91 Å². The number of fused-ring (bicyclic) bond motifs is 1. The number of ether oxygens (including phenoxy) is 1. The second-order valence-corrected chi connectivity index (χ2v) is 6.53. The van der Waals surface area contributed by atoms with E-state index in [1.54, 1.807) is 48.5 Å². The molecule has 28 heavy (non-hydrogen) atoms. The van der Waals surface area contributed by atoms with E-state index in [-0.39, 0.29) is 5.91 Å². The van der Waals surface area contributed by atoms with Gasteiger partial charge in [0.15, 0.2) is 5.58 Å². The second-order valence-electron chi connectivity index (χ2n) is 6.09. The summed E-state index contributed by atoms with van der Waals surface area (Å²) in [6, 6.07) is 19.8. The first-order valence-corrected chi connectivity index (χ1v) is 9.21. The van der Waals surface area contributed by atoms with Crippen molar-refractivity contribution in [2.24, 2.45) is 0 Å². The summed E-state index contributed by atoms with van der Waals surface area (Å²) in [5.74, 6) is 0.828. The highest BCUT2D eigenvalue weighted by molar-refractivity contribution is 6.31. The maximum atomic E-state index is 12.6. The number of benzene rings is 3. The minimum absolute atomic E-state index is 0.228. The van der Waals surface area contributed by atoms with Crippen molar-refractivity contribution >= 4 is 34.3 Å². The maximum Gasteiger partial charge on any atom is 0.259 e. The molecule has 4 rings (SSSR count). The van der Waals surface area contributed by atoms with Crippen LogP contribution in [0.2, 0.25) is 5.02 Å². The maximum absolute atomic E-state index is 12.6. The molecule has 6 heteroatoms. The SMILES string of the molecule is CCOc1ccccc1C(=O)Nc1ccc(-c2nc3cc(Cl)ccc3o2)cc1. The lowest BCUT2D eigenvalue weighted by atomic mass is 10.1. The Bertz CT molecular complexity index is 1140. The highest BCUT2D eigenvalue weighted by atomic mass is 35.5. The summed E-state index contributed by atoms with van der Waals surface area (Å²) in [7, 11) is 0. The summed E-state index contributed by atoms with van der Waals surface area (Å²) in [6.07, 6.45) is 0.